The summed E-state index contributed by atoms with van der Waals surface area (Å²) in [7, 11) is 0. The zero-order valence-corrected chi connectivity index (χ0v) is 12.6. The van der Waals surface area contributed by atoms with Crippen LogP contribution >= 0.6 is 0 Å². The molecule has 110 valence electrons. The molecule has 1 aliphatic rings. The standard InChI is InChI=1S/C20H20N2/c1-2-14-10-12-15(13-11-14)21-19-9-5-7-17-16-6-3-4-8-18(16)22-20(17)19/h2-4,6,8,10-13,19,21-22H,1,5,7,9H2. The molecule has 0 amide bonds. The average Bonchev–Trinajstić information content (AvgIpc) is 2.95. The van der Waals surface area contributed by atoms with Gasteiger partial charge in [-0.15, -0.1) is 0 Å². The van der Waals surface area contributed by atoms with Gasteiger partial charge in [-0.3, -0.25) is 0 Å². The van der Waals surface area contributed by atoms with Crippen LogP contribution in [-0.4, -0.2) is 4.98 Å². The molecule has 0 radical (unpaired) electrons. The van der Waals surface area contributed by atoms with Crippen LogP contribution in [0, 0.1) is 0 Å². The van der Waals surface area contributed by atoms with Gasteiger partial charge in [-0.05, 0) is 48.6 Å². The highest BCUT2D eigenvalue weighted by Crippen LogP contribution is 2.36. The van der Waals surface area contributed by atoms with Crippen LogP contribution in [0.3, 0.4) is 0 Å². The molecule has 2 aromatic carbocycles. The third-order valence-corrected chi connectivity index (χ3v) is 4.60. The molecule has 1 aromatic heterocycles. The minimum atomic E-state index is 0.366. The SMILES string of the molecule is C=Cc1ccc(NC2CCCc3c2[nH]c2ccccc32)cc1. The lowest BCUT2D eigenvalue weighted by Gasteiger charge is -2.25. The molecule has 1 unspecified atom stereocenters. The molecule has 1 aliphatic carbocycles. The van der Waals surface area contributed by atoms with E-state index in [2.05, 4.69) is 65.4 Å². The van der Waals surface area contributed by atoms with E-state index >= 15 is 0 Å². The van der Waals surface area contributed by atoms with Crippen molar-refractivity contribution < 1.29 is 0 Å². The predicted molar refractivity (Wildman–Crippen MR) is 94.1 cm³/mol. The summed E-state index contributed by atoms with van der Waals surface area (Å²) < 4.78 is 0. The molecule has 22 heavy (non-hydrogen) atoms. The Balaban J connectivity index is 1.68. The number of fused-ring (bicyclic) bond motifs is 3. The maximum Gasteiger partial charge on any atom is 0.0666 e. The van der Waals surface area contributed by atoms with Crippen molar-refractivity contribution in [2.75, 3.05) is 5.32 Å². The summed E-state index contributed by atoms with van der Waals surface area (Å²) in [6.45, 7) is 3.80. The summed E-state index contributed by atoms with van der Waals surface area (Å²) >= 11 is 0. The summed E-state index contributed by atoms with van der Waals surface area (Å²) in [6.07, 6.45) is 5.45. The van der Waals surface area contributed by atoms with Crippen LogP contribution < -0.4 is 5.32 Å². The van der Waals surface area contributed by atoms with Gasteiger partial charge >= 0.3 is 0 Å². The normalized spacial score (nSPS) is 17.2. The van der Waals surface area contributed by atoms with Gasteiger partial charge in [0.1, 0.15) is 0 Å². The Hall–Kier alpha value is -2.48. The molecule has 2 heteroatoms. The molecule has 0 aliphatic heterocycles. The van der Waals surface area contributed by atoms with Gasteiger partial charge in [-0.1, -0.05) is 43.0 Å². The summed E-state index contributed by atoms with van der Waals surface area (Å²) in [5.74, 6) is 0. The zero-order chi connectivity index (χ0) is 14.9. The summed E-state index contributed by atoms with van der Waals surface area (Å²) in [5.41, 5.74) is 6.42. The number of hydrogen-bond acceptors (Lipinski definition) is 1. The van der Waals surface area contributed by atoms with Crippen molar-refractivity contribution in [2.24, 2.45) is 0 Å². The van der Waals surface area contributed by atoms with Crippen molar-refractivity contribution in [3.05, 3.63) is 71.9 Å². The lowest BCUT2D eigenvalue weighted by molar-refractivity contribution is 0.593. The maximum atomic E-state index is 3.80. The first-order chi connectivity index (χ1) is 10.8. The lowest BCUT2D eigenvalue weighted by atomic mass is 9.91. The van der Waals surface area contributed by atoms with Gasteiger partial charge in [0.15, 0.2) is 0 Å². The van der Waals surface area contributed by atoms with E-state index in [1.54, 1.807) is 0 Å². The van der Waals surface area contributed by atoms with E-state index in [0.29, 0.717) is 6.04 Å². The minimum Gasteiger partial charge on any atom is -0.377 e. The van der Waals surface area contributed by atoms with E-state index in [-0.39, 0.29) is 0 Å². The molecule has 1 heterocycles. The second kappa shape index (κ2) is 5.38. The Labute approximate surface area is 130 Å². The molecule has 1 atom stereocenters. The van der Waals surface area contributed by atoms with Crippen LogP contribution in [0.4, 0.5) is 5.69 Å². The van der Waals surface area contributed by atoms with Crippen LogP contribution in [0.2, 0.25) is 0 Å². The number of aromatic nitrogens is 1. The fourth-order valence-electron chi connectivity index (χ4n) is 3.48. The first-order valence-electron chi connectivity index (χ1n) is 7.93. The first kappa shape index (κ1) is 13.2. The van der Waals surface area contributed by atoms with E-state index in [1.165, 1.54) is 47.1 Å². The third kappa shape index (κ3) is 2.21. The van der Waals surface area contributed by atoms with Gasteiger partial charge in [0.05, 0.1) is 6.04 Å². The smallest absolute Gasteiger partial charge is 0.0666 e. The monoisotopic (exact) mass is 288 g/mol. The molecular formula is C20H20N2. The van der Waals surface area contributed by atoms with Crippen molar-refractivity contribution in [1.82, 2.24) is 4.98 Å². The number of H-pyrrole nitrogens is 1. The number of hydrogen-bond donors (Lipinski definition) is 2. The molecular weight excluding hydrogens is 268 g/mol. The minimum absolute atomic E-state index is 0.366. The Morgan fingerprint density at radius 2 is 1.91 bits per heavy atom. The molecule has 3 aromatic rings. The highest BCUT2D eigenvalue weighted by atomic mass is 15.0. The number of nitrogens with one attached hydrogen (secondary N) is 2. The molecule has 0 bridgehead atoms. The van der Waals surface area contributed by atoms with Crippen molar-refractivity contribution in [3.8, 4) is 0 Å². The van der Waals surface area contributed by atoms with Crippen LogP contribution in [0.15, 0.2) is 55.1 Å². The Bertz CT molecular complexity index is 811. The maximum absolute atomic E-state index is 3.80. The Morgan fingerprint density at radius 1 is 1.09 bits per heavy atom. The number of anilines is 1. The van der Waals surface area contributed by atoms with Crippen LogP contribution in [-0.2, 0) is 6.42 Å². The molecule has 2 nitrogen and oxygen atoms in total. The van der Waals surface area contributed by atoms with Crippen LogP contribution in [0.5, 0.6) is 0 Å². The lowest BCUT2D eigenvalue weighted by Crippen LogP contribution is -2.17. The van der Waals surface area contributed by atoms with Crippen LogP contribution in [0.1, 0.15) is 35.7 Å². The topological polar surface area (TPSA) is 27.8 Å². The Kier molecular flexibility index (Phi) is 3.23. The third-order valence-electron chi connectivity index (χ3n) is 4.60. The number of aromatic amines is 1. The number of benzene rings is 2. The highest BCUT2D eigenvalue weighted by Gasteiger charge is 2.23. The van der Waals surface area contributed by atoms with Crippen molar-refractivity contribution >= 4 is 22.7 Å². The molecule has 0 spiro atoms. The van der Waals surface area contributed by atoms with Gasteiger partial charge in [0.25, 0.3) is 0 Å². The second-order valence-corrected chi connectivity index (χ2v) is 5.98. The van der Waals surface area contributed by atoms with E-state index in [0.717, 1.165) is 5.56 Å². The fraction of sp³-hybridized carbons (Fsp3) is 0.200. The highest BCUT2D eigenvalue weighted by molar-refractivity contribution is 5.85. The van der Waals surface area contributed by atoms with E-state index in [9.17, 15) is 0 Å². The molecule has 4 rings (SSSR count). The predicted octanol–water partition coefficient (Wildman–Crippen LogP) is 5.30. The van der Waals surface area contributed by atoms with Gasteiger partial charge in [0.2, 0.25) is 0 Å². The van der Waals surface area contributed by atoms with Gasteiger partial charge in [-0.2, -0.15) is 0 Å². The summed E-state index contributed by atoms with van der Waals surface area (Å²) in [4.78, 5) is 3.63. The van der Waals surface area contributed by atoms with Gasteiger partial charge in [-0.25, -0.2) is 0 Å². The van der Waals surface area contributed by atoms with E-state index < -0.39 is 0 Å². The van der Waals surface area contributed by atoms with Crippen LogP contribution in [0.25, 0.3) is 17.0 Å². The average molecular weight is 288 g/mol. The Morgan fingerprint density at radius 3 is 2.73 bits per heavy atom. The summed E-state index contributed by atoms with van der Waals surface area (Å²) in [6, 6.07) is 17.5. The van der Waals surface area contributed by atoms with Crippen molar-refractivity contribution in [1.29, 1.82) is 0 Å². The van der Waals surface area contributed by atoms with E-state index in [4.69, 9.17) is 0 Å². The van der Waals surface area contributed by atoms with E-state index in [1.807, 2.05) is 6.08 Å². The quantitative estimate of drug-likeness (QED) is 0.672. The second-order valence-electron chi connectivity index (χ2n) is 5.98. The van der Waals surface area contributed by atoms with Gasteiger partial charge in [0, 0.05) is 22.3 Å². The molecule has 0 saturated carbocycles. The number of para-hydroxylation sites is 1. The summed E-state index contributed by atoms with van der Waals surface area (Å²) in [5, 5.41) is 5.06. The van der Waals surface area contributed by atoms with Crippen molar-refractivity contribution in [3.63, 3.8) is 0 Å². The molecule has 0 saturated heterocycles. The first-order valence-corrected chi connectivity index (χ1v) is 7.93. The zero-order valence-electron chi connectivity index (χ0n) is 12.6. The molecule has 2 N–H and O–H groups in total. The largest absolute Gasteiger partial charge is 0.377 e. The van der Waals surface area contributed by atoms with Gasteiger partial charge < -0.3 is 10.3 Å². The number of rotatable bonds is 3. The molecule has 0 fully saturated rings. The number of aryl methyl sites for hydroxylation is 1. The van der Waals surface area contributed by atoms with Crippen molar-refractivity contribution in [2.45, 2.75) is 25.3 Å². The fourth-order valence-corrected chi connectivity index (χ4v) is 3.48.